The maximum Gasteiger partial charge on any atom is 0.322 e. The Bertz CT molecular complexity index is 1220. The zero-order chi connectivity index (χ0) is 27.4. The molecule has 2 aromatic heterocycles. The van der Waals surface area contributed by atoms with Gasteiger partial charge in [-0.25, -0.2) is 18.9 Å². The van der Waals surface area contributed by atoms with Crippen molar-refractivity contribution in [1.82, 2.24) is 29.5 Å². The Morgan fingerprint density at radius 2 is 2.03 bits per heavy atom. The van der Waals surface area contributed by atoms with Crippen LogP contribution in [0.1, 0.15) is 59.6 Å². The number of halogens is 1. The van der Waals surface area contributed by atoms with Crippen molar-refractivity contribution in [3.8, 4) is 17.3 Å². The number of urea groups is 1. The summed E-state index contributed by atoms with van der Waals surface area (Å²) in [5.41, 5.74) is 2.04. The van der Waals surface area contributed by atoms with E-state index in [9.17, 15) is 9.18 Å². The summed E-state index contributed by atoms with van der Waals surface area (Å²) in [5, 5.41) is 7.79. The van der Waals surface area contributed by atoms with Gasteiger partial charge in [0, 0.05) is 37.4 Å². The molecule has 4 rings (SSSR count). The maximum absolute atomic E-state index is 14.8. The number of imidazole rings is 1. The number of aromatic nitrogens is 4. The molecule has 2 amide bonds. The summed E-state index contributed by atoms with van der Waals surface area (Å²) in [6, 6.07) is 2.78. The predicted molar refractivity (Wildman–Crippen MR) is 146 cm³/mol. The molecule has 208 valence electrons. The Hall–Kier alpha value is -3.18. The van der Waals surface area contributed by atoms with Crippen LogP contribution in [0.15, 0.2) is 18.3 Å². The molecule has 1 fully saturated rings. The number of carbonyl (C=O) groups is 1. The molecule has 1 unspecified atom stereocenters. The lowest BCUT2D eigenvalue weighted by Gasteiger charge is -2.30. The number of amides is 2. The Labute approximate surface area is 223 Å². The molecule has 0 radical (unpaired) electrons. The largest absolute Gasteiger partial charge is 0.490 e. The second kappa shape index (κ2) is 12.1. The molecule has 10 nitrogen and oxygen atoms in total. The fourth-order valence-electron chi connectivity index (χ4n) is 4.78. The molecular formula is C27H40FN7O3. The van der Waals surface area contributed by atoms with Gasteiger partial charge in [0.15, 0.2) is 23.1 Å². The summed E-state index contributed by atoms with van der Waals surface area (Å²) < 4.78 is 28.1. The van der Waals surface area contributed by atoms with Gasteiger partial charge >= 0.3 is 6.03 Å². The van der Waals surface area contributed by atoms with Crippen molar-refractivity contribution in [3.63, 3.8) is 0 Å². The number of anilines is 1. The predicted octanol–water partition coefficient (Wildman–Crippen LogP) is 5.25. The van der Waals surface area contributed by atoms with Crippen molar-refractivity contribution >= 4 is 22.8 Å². The van der Waals surface area contributed by atoms with Crippen LogP contribution in [0.4, 0.5) is 14.9 Å². The van der Waals surface area contributed by atoms with Crippen molar-refractivity contribution < 1.29 is 18.7 Å². The number of nitrogens with zero attached hydrogens (tertiary/aromatic N) is 5. The van der Waals surface area contributed by atoms with Gasteiger partial charge < -0.3 is 29.6 Å². The summed E-state index contributed by atoms with van der Waals surface area (Å²) in [5.74, 6) is 0.125. The zero-order valence-electron chi connectivity index (χ0n) is 23.3. The highest BCUT2D eigenvalue weighted by atomic mass is 19.1. The number of rotatable bonds is 10. The van der Waals surface area contributed by atoms with E-state index in [4.69, 9.17) is 19.6 Å². The molecule has 1 aliphatic heterocycles. The first-order chi connectivity index (χ1) is 18.1. The fraction of sp³-hybridized carbons (Fsp3) is 0.593. The van der Waals surface area contributed by atoms with E-state index in [0.717, 1.165) is 32.2 Å². The minimum atomic E-state index is -0.461. The third-order valence-electron chi connectivity index (χ3n) is 6.54. The number of hydrogen-bond donors (Lipinski definition) is 2. The zero-order valence-corrected chi connectivity index (χ0v) is 23.3. The third kappa shape index (κ3) is 6.44. The van der Waals surface area contributed by atoms with Crippen LogP contribution in [0, 0.1) is 5.82 Å². The van der Waals surface area contributed by atoms with Gasteiger partial charge in [-0.3, -0.25) is 0 Å². The van der Waals surface area contributed by atoms with E-state index in [2.05, 4.69) is 15.2 Å². The van der Waals surface area contributed by atoms with Crippen molar-refractivity contribution in [2.45, 2.75) is 71.7 Å². The van der Waals surface area contributed by atoms with Gasteiger partial charge in [-0.15, -0.1) is 0 Å². The van der Waals surface area contributed by atoms with Gasteiger partial charge in [0.05, 0.1) is 29.5 Å². The number of nitrogens with one attached hydrogen (secondary N) is 2. The minimum Gasteiger partial charge on any atom is -0.490 e. The van der Waals surface area contributed by atoms with Crippen LogP contribution in [-0.4, -0.2) is 81.5 Å². The summed E-state index contributed by atoms with van der Waals surface area (Å²) in [7, 11) is 3.97. The Morgan fingerprint density at radius 3 is 2.68 bits per heavy atom. The lowest BCUT2D eigenvalue weighted by atomic mass is 10.2. The van der Waals surface area contributed by atoms with Crippen LogP contribution in [0.25, 0.3) is 22.6 Å². The number of fused-ring (bicyclic) bond motifs is 1. The topological polar surface area (TPSA) is 101 Å². The van der Waals surface area contributed by atoms with Crippen molar-refractivity contribution in [2.24, 2.45) is 0 Å². The van der Waals surface area contributed by atoms with Gasteiger partial charge in [-0.1, -0.05) is 0 Å². The first-order valence-corrected chi connectivity index (χ1v) is 13.4. The maximum atomic E-state index is 14.8. The number of ether oxygens (including phenoxy) is 2. The molecule has 0 saturated carbocycles. The van der Waals surface area contributed by atoms with Crippen molar-refractivity contribution in [1.29, 1.82) is 0 Å². The number of H-pyrrole nitrogens is 1. The van der Waals surface area contributed by atoms with E-state index in [-0.39, 0.29) is 30.1 Å². The molecule has 0 aliphatic carbocycles. The van der Waals surface area contributed by atoms with Crippen molar-refractivity contribution in [3.05, 3.63) is 24.1 Å². The Balaban J connectivity index is 1.65. The molecule has 1 aliphatic rings. The highest BCUT2D eigenvalue weighted by Gasteiger charge is 2.26. The number of hydrogen-bond acceptors (Lipinski definition) is 6. The standard InChI is InChI=1S/C27H40FN7O3/c1-17(2)35(18(3)4)27(36)31-22-16-34(24-10-7-8-12-38-24)32-25(22)26-29-20-14-19(28)23(15-21(20)30-26)37-13-9-11-33(5)6/h14-18,24H,7-13H2,1-6H3,(H,29,30)(H,31,36). The molecule has 11 heteroatoms. The number of carbonyl (C=O) groups excluding carboxylic acids is 1. The monoisotopic (exact) mass is 529 g/mol. The fourth-order valence-corrected chi connectivity index (χ4v) is 4.78. The highest BCUT2D eigenvalue weighted by molar-refractivity contribution is 5.94. The van der Waals surface area contributed by atoms with E-state index in [1.807, 2.05) is 41.8 Å². The molecular weight excluding hydrogens is 489 g/mol. The number of benzene rings is 1. The lowest BCUT2D eigenvalue weighted by molar-refractivity contribution is -0.0393. The van der Waals surface area contributed by atoms with Gasteiger partial charge in [0.2, 0.25) is 0 Å². The summed E-state index contributed by atoms with van der Waals surface area (Å²) in [4.78, 5) is 24.9. The lowest BCUT2D eigenvalue weighted by Crippen LogP contribution is -2.44. The van der Waals surface area contributed by atoms with Gasteiger partial charge in [-0.05, 0) is 67.5 Å². The van der Waals surface area contributed by atoms with E-state index in [1.165, 1.54) is 6.07 Å². The van der Waals surface area contributed by atoms with Crippen LogP contribution < -0.4 is 10.1 Å². The molecule has 3 heterocycles. The quantitative estimate of drug-likeness (QED) is 0.348. The second-order valence-electron chi connectivity index (χ2n) is 10.6. The molecule has 1 saturated heterocycles. The van der Waals surface area contributed by atoms with E-state index < -0.39 is 5.82 Å². The van der Waals surface area contributed by atoms with E-state index in [1.54, 1.807) is 21.8 Å². The first-order valence-electron chi connectivity index (χ1n) is 13.4. The normalized spacial score (nSPS) is 16.1. The van der Waals surface area contributed by atoms with Crippen LogP contribution >= 0.6 is 0 Å². The van der Waals surface area contributed by atoms with Crippen LogP contribution in [-0.2, 0) is 4.74 Å². The molecule has 0 bridgehead atoms. The Kier molecular flexibility index (Phi) is 8.88. The average Bonchev–Trinajstić information content (AvgIpc) is 3.45. The first kappa shape index (κ1) is 27.8. The second-order valence-corrected chi connectivity index (χ2v) is 10.6. The molecule has 1 atom stereocenters. The van der Waals surface area contributed by atoms with E-state index in [0.29, 0.717) is 41.5 Å². The SMILES string of the molecule is CC(C)N(C(=O)Nc1cn(C2CCCCO2)nc1-c1nc2cc(OCCCN(C)C)c(F)cc2[nH]1)C(C)C. The van der Waals surface area contributed by atoms with Crippen LogP contribution in [0.2, 0.25) is 0 Å². The van der Waals surface area contributed by atoms with Crippen LogP contribution in [0.3, 0.4) is 0 Å². The summed E-state index contributed by atoms with van der Waals surface area (Å²) in [6.07, 6.45) is 5.23. The third-order valence-corrected chi connectivity index (χ3v) is 6.54. The van der Waals surface area contributed by atoms with E-state index >= 15 is 0 Å². The summed E-state index contributed by atoms with van der Waals surface area (Å²) >= 11 is 0. The molecule has 1 aromatic carbocycles. The van der Waals surface area contributed by atoms with Gasteiger partial charge in [-0.2, -0.15) is 5.10 Å². The van der Waals surface area contributed by atoms with Crippen molar-refractivity contribution in [2.75, 3.05) is 39.2 Å². The van der Waals surface area contributed by atoms with Gasteiger partial charge in [0.25, 0.3) is 0 Å². The molecule has 0 spiro atoms. The highest BCUT2D eigenvalue weighted by Crippen LogP contribution is 2.32. The Morgan fingerprint density at radius 1 is 1.26 bits per heavy atom. The molecule has 2 N–H and O–H groups in total. The summed E-state index contributed by atoms with van der Waals surface area (Å²) in [6.45, 7) is 9.84. The number of aromatic amines is 1. The molecule has 38 heavy (non-hydrogen) atoms. The van der Waals surface area contributed by atoms with Crippen LogP contribution in [0.5, 0.6) is 5.75 Å². The minimum absolute atomic E-state index is 0.0143. The average molecular weight is 530 g/mol. The smallest absolute Gasteiger partial charge is 0.322 e. The van der Waals surface area contributed by atoms with Gasteiger partial charge in [0.1, 0.15) is 6.23 Å². The molecule has 3 aromatic rings.